The second kappa shape index (κ2) is 5.82. The summed E-state index contributed by atoms with van der Waals surface area (Å²) in [6, 6.07) is 13.9. The number of benzene rings is 1. The number of hydrogen-bond acceptors (Lipinski definition) is 4. The van der Waals surface area contributed by atoms with Gasteiger partial charge in [-0.15, -0.1) is 21.5 Å². The highest BCUT2D eigenvalue weighted by atomic mass is 32.1. The Bertz CT molecular complexity index is 460. The van der Waals surface area contributed by atoms with Gasteiger partial charge in [0.25, 0.3) is 0 Å². The predicted octanol–water partition coefficient (Wildman–Crippen LogP) is 3.48. The van der Waals surface area contributed by atoms with Crippen LogP contribution in [0.1, 0.15) is 0 Å². The Hall–Kier alpha value is -1.94. The van der Waals surface area contributed by atoms with Crippen molar-refractivity contribution >= 4 is 11.3 Å². The molecule has 4 heteroatoms. The summed E-state index contributed by atoms with van der Waals surface area (Å²) in [5.74, 6) is 0.922. The van der Waals surface area contributed by atoms with E-state index in [0.29, 0.717) is 0 Å². The number of aromatic nitrogens is 2. The summed E-state index contributed by atoms with van der Waals surface area (Å²) in [6.07, 6.45) is 1.68. The minimum Gasteiger partial charge on any atom is -0.464 e. The lowest BCUT2D eigenvalue weighted by Gasteiger charge is -1.92. The fourth-order valence-electron chi connectivity index (χ4n) is 1.18. The monoisotopic (exact) mass is 230 g/mol. The van der Waals surface area contributed by atoms with Gasteiger partial charge >= 0.3 is 0 Å². The lowest BCUT2D eigenvalue weighted by atomic mass is 10.2. The maximum absolute atomic E-state index is 5.22. The van der Waals surface area contributed by atoms with Crippen molar-refractivity contribution in [1.82, 2.24) is 10.2 Å². The summed E-state index contributed by atoms with van der Waals surface area (Å²) in [7, 11) is 0. The molecule has 0 saturated heterocycles. The molecular weight excluding hydrogens is 220 g/mol. The molecule has 3 aromatic rings. The van der Waals surface area contributed by atoms with Gasteiger partial charge in [-0.25, -0.2) is 0 Å². The number of nitrogens with zero attached hydrogens (tertiary/aromatic N) is 2. The van der Waals surface area contributed by atoms with Crippen molar-refractivity contribution in [3.8, 4) is 11.3 Å². The molecule has 0 atom stereocenters. The first-order valence-electron chi connectivity index (χ1n) is 4.74. The second-order valence-electron chi connectivity index (χ2n) is 2.92. The van der Waals surface area contributed by atoms with Crippen LogP contribution >= 0.6 is 11.3 Å². The smallest absolute Gasteiger partial charge is 0.133 e. The third-order valence-electron chi connectivity index (χ3n) is 1.86. The third-order valence-corrected chi connectivity index (χ3v) is 2.29. The van der Waals surface area contributed by atoms with E-state index in [9.17, 15) is 0 Å². The maximum atomic E-state index is 5.22. The molecule has 0 aliphatic rings. The second-order valence-corrected chi connectivity index (χ2v) is 3.61. The molecule has 3 nitrogen and oxygen atoms in total. The van der Waals surface area contributed by atoms with Gasteiger partial charge in [0, 0.05) is 5.56 Å². The molecule has 0 bridgehead atoms. The highest BCUT2D eigenvalue weighted by Crippen LogP contribution is 2.18. The van der Waals surface area contributed by atoms with Crippen LogP contribution in [0, 0.1) is 0 Å². The average Bonchev–Trinajstić information content (AvgIpc) is 3.07. The zero-order valence-electron chi connectivity index (χ0n) is 8.48. The van der Waals surface area contributed by atoms with Crippen molar-refractivity contribution in [2.24, 2.45) is 0 Å². The van der Waals surface area contributed by atoms with E-state index in [1.54, 1.807) is 17.3 Å². The zero-order chi connectivity index (χ0) is 11.1. The standard InChI is InChI=1S/C10H8O.C2H2N2S/c1-2-5-9(6-3-1)10-7-4-8-11-10;1-3-4-2-5-1/h1-8H;1-2H. The molecule has 2 heterocycles. The third kappa shape index (κ3) is 3.03. The molecule has 0 saturated carbocycles. The van der Waals surface area contributed by atoms with E-state index in [0.717, 1.165) is 11.3 Å². The molecule has 0 amide bonds. The van der Waals surface area contributed by atoms with E-state index in [4.69, 9.17) is 4.42 Å². The van der Waals surface area contributed by atoms with Gasteiger partial charge < -0.3 is 4.42 Å². The first-order chi connectivity index (χ1) is 7.97. The van der Waals surface area contributed by atoms with Gasteiger partial charge in [0.15, 0.2) is 0 Å². The highest BCUT2D eigenvalue weighted by Gasteiger charge is 1.95. The van der Waals surface area contributed by atoms with E-state index in [1.165, 1.54) is 11.3 Å². The molecule has 0 N–H and O–H groups in total. The Morgan fingerprint density at radius 1 is 0.875 bits per heavy atom. The quantitative estimate of drug-likeness (QED) is 0.642. The normalized spacial score (nSPS) is 9.25. The largest absolute Gasteiger partial charge is 0.464 e. The SMILES string of the molecule is c1ccc(-c2ccco2)cc1.c1nncs1. The van der Waals surface area contributed by atoms with Gasteiger partial charge in [-0.2, -0.15) is 0 Å². The molecule has 0 aliphatic heterocycles. The van der Waals surface area contributed by atoms with Crippen molar-refractivity contribution in [3.05, 3.63) is 59.7 Å². The lowest BCUT2D eigenvalue weighted by Crippen LogP contribution is -1.69. The van der Waals surface area contributed by atoms with Crippen LogP contribution in [0.4, 0.5) is 0 Å². The minimum atomic E-state index is 0.922. The first kappa shape index (κ1) is 10.6. The molecule has 0 spiro atoms. The Morgan fingerprint density at radius 2 is 1.62 bits per heavy atom. The van der Waals surface area contributed by atoms with Crippen molar-refractivity contribution in [3.63, 3.8) is 0 Å². The fourth-order valence-corrected chi connectivity index (χ4v) is 1.45. The predicted molar refractivity (Wildman–Crippen MR) is 64.1 cm³/mol. The van der Waals surface area contributed by atoms with Gasteiger partial charge in [0.05, 0.1) is 6.26 Å². The zero-order valence-corrected chi connectivity index (χ0v) is 9.30. The topological polar surface area (TPSA) is 38.9 Å². The lowest BCUT2D eigenvalue weighted by molar-refractivity contribution is 0.582. The van der Waals surface area contributed by atoms with Crippen molar-refractivity contribution in [2.75, 3.05) is 0 Å². The van der Waals surface area contributed by atoms with Crippen LogP contribution in [-0.4, -0.2) is 10.2 Å². The summed E-state index contributed by atoms with van der Waals surface area (Å²) in [6.45, 7) is 0. The summed E-state index contributed by atoms with van der Waals surface area (Å²) in [5.41, 5.74) is 4.48. The van der Waals surface area contributed by atoms with Crippen LogP contribution in [0.25, 0.3) is 11.3 Å². The van der Waals surface area contributed by atoms with E-state index in [1.807, 2.05) is 42.5 Å². The maximum Gasteiger partial charge on any atom is 0.133 e. The Labute approximate surface area is 97.4 Å². The Morgan fingerprint density at radius 3 is 2.12 bits per heavy atom. The van der Waals surface area contributed by atoms with E-state index in [-0.39, 0.29) is 0 Å². The molecular formula is C12H10N2OS. The summed E-state index contributed by atoms with van der Waals surface area (Å²) in [5, 5.41) is 6.98. The Balaban J connectivity index is 0.000000162. The average molecular weight is 230 g/mol. The van der Waals surface area contributed by atoms with Crippen LogP contribution in [0.2, 0.25) is 0 Å². The molecule has 3 rings (SSSR count). The summed E-state index contributed by atoms with van der Waals surface area (Å²) >= 11 is 1.49. The van der Waals surface area contributed by atoms with Crippen LogP contribution < -0.4 is 0 Å². The number of furan rings is 1. The number of rotatable bonds is 1. The molecule has 2 aromatic heterocycles. The van der Waals surface area contributed by atoms with Crippen LogP contribution in [0.3, 0.4) is 0 Å². The van der Waals surface area contributed by atoms with Crippen molar-refractivity contribution in [2.45, 2.75) is 0 Å². The van der Waals surface area contributed by atoms with Gasteiger partial charge in [0.1, 0.15) is 16.8 Å². The summed E-state index contributed by atoms with van der Waals surface area (Å²) < 4.78 is 5.22. The minimum absolute atomic E-state index is 0.922. The van der Waals surface area contributed by atoms with Gasteiger partial charge in [-0.3, -0.25) is 0 Å². The Kier molecular flexibility index (Phi) is 3.85. The summed E-state index contributed by atoms with van der Waals surface area (Å²) in [4.78, 5) is 0. The fraction of sp³-hybridized carbons (Fsp3) is 0. The molecule has 16 heavy (non-hydrogen) atoms. The van der Waals surface area contributed by atoms with E-state index in [2.05, 4.69) is 10.2 Å². The van der Waals surface area contributed by atoms with Crippen molar-refractivity contribution < 1.29 is 4.42 Å². The molecule has 0 aliphatic carbocycles. The molecule has 0 fully saturated rings. The molecule has 80 valence electrons. The molecule has 0 radical (unpaired) electrons. The first-order valence-corrected chi connectivity index (χ1v) is 5.69. The van der Waals surface area contributed by atoms with E-state index >= 15 is 0 Å². The molecule has 1 aromatic carbocycles. The van der Waals surface area contributed by atoms with Crippen LogP contribution in [0.15, 0.2) is 64.2 Å². The van der Waals surface area contributed by atoms with Gasteiger partial charge in [-0.1, -0.05) is 30.3 Å². The van der Waals surface area contributed by atoms with Gasteiger partial charge in [0.2, 0.25) is 0 Å². The van der Waals surface area contributed by atoms with Crippen molar-refractivity contribution in [1.29, 1.82) is 0 Å². The van der Waals surface area contributed by atoms with E-state index < -0.39 is 0 Å². The van der Waals surface area contributed by atoms with Crippen LogP contribution in [0.5, 0.6) is 0 Å². The molecule has 0 unspecified atom stereocenters. The number of hydrogen-bond donors (Lipinski definition) is 0. The van der Waals surface area contributed by atoms with Gasteiger partial charge in [-0.05, 0) is 12.1 Å². The highest BCUT2D eigenvalue weighted by molar-refractivity contribution is 7.07. The van der Waals surface area contributed by atoms with Crippen LogP contribution in [-0.2, 0) is 0 Å².